The van der Waals surface area contributed by atoms with Gasteiger partial charge in [0, 0.05) is 20.1 Å². The van der Waals surface area contributed by atoms with Crippen molar-refractivity contribution >= 4 is 0 Å². The predicted molar refractivity (Wildman–Crippen MR) is 51.7 cm³/mol. The summed E-state index contributed by atoms with van der Waals surface area (Å²) in [7, 11) is 1.67. The molecule has 0 atom stereocenters. The van der Waals surface area contributed by atoms with Gasteiger partial charge in [-0.15, -0.1) is 0 Å². The minimum atomic E-state index is -0.539. The van der Waals surface area contributed by atoms with Crippen molar-refractivity contribution in [3.05, 3.63) is 11.7 Å². The molecular formula is C9H17N3O2. The van der Waals surface area contributed by atoms with Crippen LogP contribution >= 0.6 is 0 Å². The van der Waals surface area contributed by atoms with Gasteiger partial charge in [0.05, 0.1) is 5.54 Å². The maximum atomic E-state index is 5.82. The van der Waals surface area contributed by atoms with Crippen molar-refractivity contribution in [2.45, 2.75) is 32.2 Å². The largest absolute Gasteiger partial charge is 0.385 e. The number of aryl methyl sites for hydroxylation is 1. The molecule has 0 radical (unpaired) electrons. The molecule has 1 rings (SSSR count). The first kappa shape index (κ1) is 11.1. The van der Waals surface area contributed by atoms with Gasteiger partial charge in [0.2, 0.25) is 5.89 Å². The van der Waals surface area contributed by atoms with E-state index in [9.17, 15) is 0 Å². The summed E-state index contributed by atoms with van der Waals surface area (Å²) in [6, 6.07) is 0. The second kappa shape index (κ2) is 4.52. The zero-order chi connectivity index (χ0) is 10.6. The van der Waals surface area contributed by atoms with Crippen molar-refractivity contribution in [2.75, 3.05) is 13.7 Å². The Balaban J connectivity index is 2.51. The molecule has 0 fully saturated rings. The summed E-state index contributed by atoms with van der Waals surface area (Å²) in [4.78, 5) is 4.19. The maximum Gasteiger partial charge on any atom is 0.226 e. The molecule has 1 aromatic heterocycles. The second-order valence-corrected chi connectivity index (χ2v) is 3.83. The molecule has 0 saturated carbocycles. The first-order valence-electron chi connectivity index (χ1n) is 4.65. The van der Waals surface area contributed by atoms with Crippen LogP contribution in [0.5, 0.6) is 0 Å². The van der Waals surface area contributed by atoms with Gasteiger partial charge >= 0.3 is 0 Å². The quantitative estimate of drug-likeness (QED) is 0.711. The third-order valence-electron chi connectivity index (χ3n) is 1.78. The van der Waals surface area contributed by atoms with Crippen LogP contribution < -0.4 is 5.73 Å². The summed E-state index contributed by atoms with van der Waals surface area (Å²) in [6.07, 6.45) is 1.61. The van der Waals surface area contributed by atoms with E-state index in [-0.39, 0.29) is 0 Å². The van der Waals surface area contributed by atoms with Crippen LogP contribution in [0.25, 0.3) is 0 Å². The minimum Gasteiger partial charge on any atom is -0.385 e. The van der Waals surface area contributed by atoms with Crippen molar-refractivity contribution in [1.29, 1.82) is 0 Å². The minimum absolute atomic E-state index is 0.539. The number of rotatable bonds is 5. The fourth-order valence-corrected chi connectivity index (χ4v) is 0.986. The van der Waals surface area contributed by atoms with Gasteiger partial charge in [-0.05, 0) is 20.3 Å². The molecule has 0 bridgehead atoms. The maximum absolute atomic E-state index is 5.82. The normalized spacial score (nSPS) is 12.0. The summed E-state index contributed by atoms with van der Waals surface area (Å²) in [6.45, 7) is 4.39. The van der Waals surface area contributed by atoms with Gasteiger partial charge in [-0.25, -0.2) is 0 Å². The van der Waals surface area contributed by atoms with Gasteiger partial charge in [-0.1, -0.05) is 5.16 Å². The van der Waals surface area contributed by atoms with Gasteiger partial charge in [0.25, 0.3) is 0 Å². The average Bonchev–Trinajstić information content (AvgIpc) is 2.52. The number of aromatic nitrogens is 2. The molecule has 0 aliphatic carbocycles. The highest BCUT2D eigenvalue weighted by atomic mass is 16.5. The monoisotopic (exact) mass is 199 g/mol. The first-order chi connectivity index (χ1) is 6.54. The highest BCUT2D eigenvalue weighted by molar-refractivity contribution is 4.98. The van der Waals surface area contributed by atoms with Crippen LogP contribution in [0.4, 0.5) is 0 Å². The average molecular weight is 199 g/mol. The van der Waals surface area contributed by atoms with Crippen molar-refractivity contribution in [3.63, 3.8) is 0 Å². The molecule has 80 valence electrons. The number of ether oxygens (including phenoxy) is 1. The van der Waals surface area contributed by atoms with Crippen molar-refractivity contribution in [1.82, 2.24) is 10.1 Å². The van der Waals surface area contributed by atoms with Crippen molar-refractivity contribution < 1.29 is 9.26 Å². The Morgan fingerprint density at radius 1 is 1.50 bits per heavy atom. The number of nitrogens with two attached hydrogens (primary N) is 1. The van der Waals surface area contributed by atoms with Crippen molar-refractivity contribution in [2.24, 2.45) is 5.73 Å². The van der Waals surface area contributed by atoms with E-state index in [4.69, 9.17) is 15.0 Å². The molecule has 2 N–H and O–H groups in total. The van der Waals surface area contributed by atoms with E-state index >= 15 is 0 Å². The molecule has 1 aromatic rings. The molecule has 0 aliphatic rings. The molecule has 0 spiro atoms. The van der Waals surface area contributed by atoms with Crippen molar-refractivity contribution in [3.8, 4) is 0 Å². The smallest absolute Gasteiger partial charge is 0.226 e. The Hall–Kier alpha value is -0.940. The lowest BCUT2D eigenvalue weighted by Gasteiger charge is -2.11. The first-order valence-corrected chi connectivity index (χ1v) is 4.65. The number of hydrogen-bond donors (Lipinski definition) is 1. The number of methoxy groups -OCH3 is 1. The molecule has 0 saturated heterocycles. The molecule has 14 heavy (non-hydrogen) atoms. The molecule has 0 unspecified atom stereocenters. The van der Waals surface area contributed by atoms with E-state index in [0.29, 0.717) is 18.3 Å². The lowest BCUT2D eigenvalue weighted by Crippen LogP contribution is -2.30. The molecule has 5 heteroatoms. The zero-order valence-electron chi connectivity index (χ0n) is 8.91. The highest BCUT2D eigenvalue weighted by Crippen LogP contribution is 2.13. The lowest BCUT2D eigenvalue weighted by atomic mass is 10.1. The van der Waals surface area contributed by atoms with Crippen LogP contribution in [0.1, 0.15) is 32.0 Å². The molecule has 0 aromatic carbocycles. The summed E-state index contributed by atoms with van der Waals surface area (Å²) in [5, 5.41) is 3.81. The number of nitrogens with zero attached hydrogens (tertiary/aromatic N) is 2. The standard InChI is InChI=1S/C9H17N3O2/c1-9(2,10)8-11-7(14-12-8)5-4-6-13-3/h4-6,10H2,1-3H3. The van der Waals surface area contributed by atoms with Gasteiger partial charge in [0.15, 0.2) is 5.82 Å². The van der Waals surface area contributed by atoms with Crippen LogP contribution in [0.15, 0.2) is 4.52 Å². The molecular weight excluding hydrogens is 182 g/mol. The summed E-state index contributed by atoms with van der Waals surface area (Å²) < 4.78 is 9.96. The summed E-state index contributed by atoms with van der Waals surface area (Å²) in [5.41, 5.74) is 5.28. The predicted octanol–water partition coefficient (Wildman–Crippen LogP) is 0.842. The Kier molecular flexibility index (Phi) is 3.60. The van der Waals surface area contributed by atoms with Crippen LogP contribution in [-0.4, -0.2) is 23.9 Å². The molecule has 5 nitrogen and oxygen atoms in total. The van der Waals surface area contributed by atoms with Crippen LogP contribution in [0.2, 0.25) is 0 Å². The van der Waals surface area contributed by atoms with E-state index in [1.807, 2.05) is 13.8 Å². The van der Waals surface area contributed by atoms with Crippen LogP contribution in [-0.2, 0) is 16.7 Å². The fraction of sp³-hybridized carbons (Fsp3) is 0.778. The summed E-state index contributed by atoms with van der Waals surface area (Å²) in [5.74, 6) is 1.17. The Labute approximate surface area is 83.6 Å². The van der Waals surface area contributed by atoms with Gasteiger partial charge in [-0.2, -0.15) is 4.98 Å². The van der Waals surface area contributed by atoms with Crippen LogP contribution in [0.3, 0.4) is 0 Å². The van der Waals surface area contributed by atoms with E-state index in [0.717, 1.165) is 12.8 Å². The SMILES string of the molecule is COCCCc1nc(C(C)(C)N)no1. The summed E-state index contributed by atoms with van der Waals surface area (Å²) >= 11 is 0. The lowest BCUT2D eigenvalue weighted by molar-refractivity contribution is 0.192. The third kappa shape index (κ3) is 3.08. The van der Waals surface area contributed by atoms with Gasteiger partial charge in [0.1, 0.15) is 0 Å². The molecule has 1 heterocycles. The topological polar surface area (TPSA) is 74.2 Å². The Morgan fingerprint density at radius 2 is 2.21 bits per heavy atom. The third-order valence-corrected chi connectivity index (χ3v) is 1.78. The van der Waals surface area contributed by atoms with E-state index < -0.39 is 5.54 Å². The van der Waals surface area contributed by atoms with Gasteiger partial charge < -0.3 is 15.0 Å². The Bertz CT molecular complexity index is 278. The number of hydrogen-bond acceptors (Lipinski definition) is 5. The molecule has 0 amide bonds. The molecule has 0 aliphatic heterocycles. The second-order valence-electron chi connectivity index (χ2n) is 3.83. The zero-order valence-corrected chi connectivity index (χ0v) is 8.91. The fourth-order valence-electron chi connectivity index (χ4n) is 0.986. The van der Waals surface area contributed by atoms with E-state index in [1.165, 1.54) is 0 Å². The van der Waals surface area contributed by atoms with E-state index in [2.05, 4.69) is 10.1 Å². The van der Waals surface area contributed by atoms with Crippen LogP contribution in [0, 0.1) is 0 Å². The highest BCUT2D eigenvalue weighted by Gasteiger charge is 2.21. The van der Waals surface area contributed by atoms with E-state index in [1.54, 1.807) is 7.11 Å². The Morgan fingerprint density at radius 3 is 2.71 bits per heavy atom. The van der Waals surface area contributed by atoms with Gasteiger partial charge in [-0.3, -0.25) is 0 Å².